The molecule has 0 aliphatic carbocycles. The Morgan fingerprint density at radius 1 is 0.764 bits per heavy atom. The highest BCUT2D eigenvalue weighted by Crippen LogP contribution is 2.37. The lowest BCUT2D eigenvalue weighted by Crippen LogP contribution is -2.54. The zero-order valence-electron chi connectivity index (χ0n) is 40.9. The van der Waals surface area contributed by atoms with Gasteiger partial charge in [0, 0.05) is 69.0 Å². The average molecular weight is 1010 g/mol. The first-order chi connectivity index (χ1) is 34.4. The monoisotopic (exact) mass is 1010 g/mol. The maximum atomic E-state index is 14.2. The van der Waals surface area contributed by atoms with Gasteiger partial charge in [0.25, 0.3) is 23.6 Å². The Kier molecular flexibility index (Phi) is 16.8. The van der Waals surface area contributed by atoms with Crippen LogP contribution in [0.15, 0.2) is 82.5 Å². The fourth-order valence-electron chi connectivity index (χ4n) is 8.31. The van der Waals surface area contributed by atoms with Crippen LogP contribution in [-0.4, -0.2) is 122 Å². The number of ether oxygens (including phenoxy) is 4. The third-order valence-corrected chi connectivity index (χ3v) is 13.7. The van der Waals surface area contributed by atoms with Crippen LogP contribution in [0.5, 0.6) is 28.7 Å². The van der Waals surface area contributed by atoms with Gasteiger partial charge in [-0.15, -0.1) is 0 Å². The van der Waals surface area contributed by atoms with Gasteiger partial charge in [-0.3, -0.25) is 48.1 Å². The summed E-state index contributed by atoms with van der Waals surface area (Å²) >= 11 is 0. The number of carbonyl (C=O) groups excluding carboxylic acids is 6. The van der Waals surface area contributed by atoms with Gasteiger partial charge in [0.15, 0.2) is 16.4 Å². The molecule has 0 radical (unpaired) electrons. The number of benzene rings is 4. The van der Waals surface area contributed by atoms with Gasteiger partial charge in [0.1, 0.15) is 34.8 Å². The van der Waals surface area contributed by atoms with E-state index in [0.29, 0.717) is 54.3 Å². The van der Waals surface area contributed by atoms with E-state index in [0.717, 1.165) is 30.7 Å². The number of amides is 6. The number of nitrogens with one attached hydrogen (secondary N) is 3. The predicted octanol–water partition coefficient (Wildman–Crippen LogP) is 4.26. The third-order valence-electron chi connectivity index (χ3n) is 12.1. The molecule has 1 atom stereocenters. The maximum Gasteiger partial charge on any atom is 0.328 e. The number of fused-ring (bicyclic) bond motifs is 2. The molecule has 1 fully saturated rings. The number of carbonyl (C=O) groups is 6. The highest BCUT2D eigenvalue weighted by Gasteiger charge is 2.46. The molecule has 20 nitrogen and oxygen atoms in total. The van der Waals surface area contributed by atoms with Crippen LogP contribution < -0.4 is 40.6 Å². The summed E-state index contributed by atoms with van der Waals surface area (Å²) in [6.45, 7) is 3.79. The fraction of sp³-hybridized carbons (Fsp3) is 0.392. The van der Waals surface area contributed by atoms with Crippen molar-refractivity contribution >= 4 is 56.3 Å². The lowest BCUT2D eigenvalue weighted by atomic mass is 10.0. The largest absolute Gasteiger partial charge is 0.493 e. The number of piperidine rings is 1. The molecule has 1 aromatic heterocycles. The highest BCUT2D eigenvalue weighted by atomic mass is 32.2. The van der Waals surface area contributed by atoms with Crippen LogP contribution in [0.3, 0.4) is 0 Å². The van der Waals surface area contributed by atoms with Gasteiger partial charge in [-0.2, -0.15) is 0 Å². The van der Waals surface area contributed by atoms with Crippen molar-refractivity contribution in [1.29, 1.82) is 0 Å². The van der Waals surface area contributed by atoms with Gasteiger partial charge in [-0.05, 0) is 95.6 Å². The number of aromatic nitrogens is 2. The summed E-state index contributed by atoms with van der Waals surface area (Å²) in [5.41, 5.74) is 1.05. The lowest BCUT2D eigenvalue weighted by Gasteiger charge is -2.27. The number of imidazole rings is 1. The summed E-state index contributed by atoms with van der Waals surface area (Å²) in [4.78, 5) is 92.3. The summed E-state index contributed by atoms with van der Waals surface area (Å²) in [5.74, 6) is -2.66. The molecule has 382 valence electrons. The van der Waals surface area contributed by atoms with Crippen molar-refractivity contribution in [1.82, 2.24) is 34.9 Å². The van der Waals surface area contributed by atoms with Crippen molar-refractivity contribution in [2.24, 2.45) is 14.1 Å². The Hall–Kier alpha value is -7.52. The van der Waals surface area contributed by atoms with Crippen LogP contribution in [-0.2, 0) is 44.1 Å². The molecule has 5 aromatic rings. The molecule has 72 heavy (non-hydrogen) atoms. The van der Waals surface area contributed by atoms with E-state index in [4.69, 9.17) is 18.9 Å². The first-order valence-corrected chi connectivity index (χ1v) is 25.4. The first-order valence-electron chi connectivity index (χ1n) is 23.7. The smallest absolute Gasteiger partial charge is 0.328 e. The van der Waals surface area contributed by atoms with Crippen LogP contribution in [0.4, 0.5) is 0 Å². The second-order valence-electron chi connectivity index (χ2n) is 17.8. The first kappa shape index (κ1) is 52.3. The maximum absolute atomic E-state index is 14.2. The van der Waals surface area contributed by atoms with Crippen LogP contribution in [0.2, 0.25) is 0 Å². The second kappa shape index (κ2) is 23.1. The minimum atomic E-state index is -4.12. The topological polar surface area (TPSA) is 243 Å². The van der Waals surface area contributed by atoms with Crippen LogP contribution >= 0.6 is 0 Å². The van der Waals surface area contributed by atoms with E-state index in [9.17, 15) is 42.0 Å². The number of imide groups is 2. The summed E-state index contributed by atoms with van der Waals surface area (Å²) in [6, 6.07) is 17.3. The van der Waals surface area contributed by atoms with Crippen LogP contribution in [0, 0.1) is 0 Å². The van der Waals surface area contributed by atoms with Gasteiger partial charge < -0.3 is 34.5 Å². The molecule has 0 saturated carbocycles. The van der Waals surface area contributed by atoms with E-state index in [1.54, 1.807) is 44.4 Å². The van der Waals surface area contributed by atoms with E-state index in [2.05, 4.69) is 20.9 Å². The van der Waals surface area contributed by atoms with E-state index >= 15 is 0 Å². The minimum absolute atomic E-state index is 0.00331. The van der Waals surface area contributed by atoms with Crippen molar-refractivity contribution in [3.63, 3.8) is 0 Å². The second-order valence-corrected chi connectivity index (χ2v) is 19.8. The number of sulfone groups is 1. The molecule has 3 heterocycles. The molecule has 3 N–H and O–H groups in total. The highest BCUT2D eigenvalue weighted by molar-refractivity contribution is 7.90. The van der Waals surface area contributed by atoms with Crippen molar-refractivity contribution in [3.05, 3.63) is 106 Å². The number of unbranched alkanes of at least 4 members (excludes halogenated alkanes) is 2. The van der Waals surface area contributed by atoms with Gasteiger partial charge in [0.05, 0.1) is 46.0 Å². The zero-order valence-corrected chi connectivity index (χ0v) is 41.7. The average Bonchev–Trinajstić information content (AvgIpc) is 3.72. The van der Waals surface area contributed by atoms with Crippen molar-refractivity contribution in [3.8, 4) is 28.7 Å². The predicted molar refractivity (Wildman–Crippen MR) is 264 cm³/mol. The van der Waals surface area contributed by atoms with Crippen LogP contribution in [0.25, 0.3) is 11.0 Å². The Labute approximate surface area is 416 Å². The summed E-state index contributed by atoms with van der Waals surface area (Å²) < 4.78 is 55.4. The Balaban J connectivity index is 0.943. The molecule has 2 aliphatic rings. The molecule has 4 aromatic carbocycles. The van der Waals surface area contributed by atoms with Crippen molar-refractivity contribution in [2.45, 2.75) is 68.6 Å². The molecule has 6 amide bonds. The lowest BCUT2D eigenvalue weighted by molar-refractivity contribution is -0.136. The SMILES string of the molecule is CCCOc1cc(OCCCCN(C)C)cc(Oc2cc3c(cc2CS(=O)(=O)c2cccc(C(=O)NCCCCNC(=O)COc4cccc5c4C(=O)N(C4CCC(=O)NC4=O)C5=O)c2)n(C)c(=O)n3C)c1. The number of aryl methyl sites for hydroxylation is 2. The van der Waals surface area contributed by atoms with E-state index < -0.39 is 63.7 Å². The Bertz CT molecular complexity index is 3070. The fourth-order valence-corrected chi connectivity index (χ4v) is 9.71. The zero-order chi connectivity index (χ0) is 51.7. The number of rotatable bonds is 24. The number of hydrogen-bond donors (Lipinski definition) is 3. The standard InChI is InChI=1S/C51H59N7O13S/c1-6-22-68-34-26-35(69-23-10-9-21-55(2)3)28-36(27-34)71-43-29-41-40(56(4)51(65)57(41)5)25-33(43)31-72(66,67)37-14-11-13-32(24-37)47(61)53-20-8-7-19-52-45(60)30-70-42-16-12-15-38-46(42)50(64)58(49(38)63)39-17-18-44(59)54-48(39)62/h11-16,24-29,39H,6-10,17-23,30-31H2,1-5H3,(H,52,60)(H,53,61)(H,54,59,62). The third kappa shape index (κ3) is 12.3. The normalized spacial score (nSPS) is 14.6. The van der Waals surface area contributed by atoms with Gasteiger partial charge in [0.2, 0.25) is 11.8 Å². The molecule has 1 unspecified atom stereocenters. The molecule has 1 saturated heterocycles. The van der Waals surface area contributed by atoms with E-state index in [-0.39, 0.29) is 70.3 Å². The molecule has 7 rings (SSSR count). The van der Waals surface area contributed by atoms with Gasteiger partial charge >= 0.3 is 5.69 Å². The molecule has 0 bridgehead atoms. The minimum Gasteiger partial charge on any atom is -0.493 e. The quantitative estimate of drug-likeness (QED) is 0.0578. The molecule has 0 spiro atoms. The van der Waals surface area contributed by atoms with Gasteiger partial charge in [-0.1, -0.05) is 19.1 Å². The molecular weight excluding hydrogens is 951 g/mol. The molecular formula is C51H59N7O13S. The van der Waals surface area contributed by atoms with Crippen LogP contribution in [0.1, 0.15) is 88.5 Å². The van der Waals surface area contributed by atoms with E-state index in [1.165, 1.54) is 51.6 Å². The van der Waals surface area contributed by atoms with Crippen molar-refractivity contribution in [2.75, 3.05) is 53.6 Å². The Morgan fingerprint density at radius 2 is 1.44 bits per heavy atom. The molecule has 2 aliphatic heterocycles. The number of hydrogen-bond acceptors (Lipinski definition) is 14. The summed E-state index contributed by atoms with van der Waals surface area (Å²) in [5, 5.41) is 7.64. The van der Waals surface area contributed by atoms with E-state index in [1.807, 2.05) is 21.0 Å². The van der Waals surface area contributed by atoms with Gasteiger partial charge in [-0.25, -0.2) is 13.2 Å². The number of nitrogens with zero attached hydrogens (tertiary/aromatic N) is 4. The molecule has 21 heteroatoms. The summed E-state index contributed by atoms with van der Waals surface area (Å²) in [7, 11) is 3.13. The van der Waals surface area contributed by atoms with Crippen molar-refractivity contribution < 1.29 is 56.1 Å². The summed E-state index contributed by atoms with van der Waals surface area (Å²) in [6.07, 6.45) is 3.42. The Morgan fingerprint density at radius 3 is 2.15 bits per heavy atom.